The van der Waals surface area contributed by atoms with E-state index in [-0.39, 0.29) is 0 Å². The Morgan fingerprint density at radius 1 is 0.833 bits per heavy atom. The van der Waals surface area contributed by atoms with E-state index in [4.69, 9.17) is 9.68 Å². The molecule has 0 rings (SSSR count). The minimum Gasteiger partial charge on any atom is -0.566 e. The van der Waals surface area contributed by atoms with E-state index in [0.29, 0.717) is 0 Å². The molecule has 0 amide bonds. The largest absolute Gasteiger partial charge is 0.566 e. The van der Waals surface area contributed by atoms with Crippen molar-refractivity contribution in [3.05, 3.63) is 5.21 Å². The highest BCUT2D eigenvalue weighted by atomic mass is 17.1. The average Bonchev–Trinajstić information content (AvgIpc) is 1.49. The minimum atomic E-state index is -0.616. The van der Waals surface area contributed by atoms with Crippen molar-refractivity contribution in [3.63, 3.8) is 0 Å². The molecule has 0 saturated heterocycles. The molecule has 0 aromatic carbocycles. The molecular formula is C8H19NO3. The SMILES string of the molecule is CC(C)(C)O[NH+]([O-])OC(C)(C)C. The zero-order valence-electron chi connectivity index (χ0n) is 8.72. The van der Waals surface area contributed by atoms with Crippen LogP contribution in [-0.4, -0.2) is 11.2 Å². The van der Waals surface area contributed by atoms with Crippen LogP contribution in [0, 0.1) is 5.21 Å². The lowest BCUT2D eigenvalue weighted by molar-refractivity contribution is -1.22. The summed E-state index contributed by atoms with van der Waals surface area (Å²) in [6.07, 6.45) is 0. The summed E-state index contributed by atoms with van der Waals surface area (Å²) in [6, 6.07) is 0. The van der Waals surface area contributed by atoms with Gasteiger partial charge in [0.1, 0.15) is 11.2 Å². The summed E-state index contributed by atoms with van der Waals surface area (Å²) >= 11 is 0. The third-order valence-corrected chi connectivity index (χ3v) is 0.779. The Labute approximate surface area is 73.9 Å². The van der Waals surface area contributed by atoms with Crippen LogP contribution in [0.1, 0.15) is 41.5 Å². The molecule has 0 unspecified atom stereocenters. The molecule has 1 N–H and O–H groups in total. The van der Waals surface area contributed by atoms with Crippen molar-refractivity contribution in [2.75, 3.05) is 0 Å². The van der Waals surface area contributed by atoms with Crippen LogP contribution < -0.4 is 5.39 Å². The molecule has 0 spiro atoms. The molecule has 0 bridgehead atoms. The van der Waals surface area contributed by atoms with Gasteiger partial charge in [-0.1, -0.05) is 5.39 Å². The van der Waals surface area contributed by atoms with Crippen LogP contribution in [0.25, 0.3) is 0 Å². The Bertz CT molecular complexity index is 118. The van der Waals surface area contributed by atoms with E-state index < -0.39 is 16.6 Å². The van der Waals surface area contributed by atoms with Crippen LogP contribution in [0.2, 0.25) is 0 Å². The zero-order chi connectivity index (χ0) is 9.99. The summed E-state index contributed by atoms with van der Waals surface area (Å²) in [5, 5.41) is 10.4. The molecule has 0 aliphatic carbocycles. The van der Waals surface area contributed by atoms with Gasteiger partial charge in [0.25, 0.3) is 0 Å². The highest BCUT2D eigenvalue weighted by Crippen LogP contribution is 2.04. The van der Waals surface area contributed by atoms with Crippen molar-refractivity contribution >= 4 is 0 Å². The first-order valence-electron chi connectivity index (χ1n) is 4.02. The molecule has 12 heavy (non-hydrogen) atoms. The molecule has 4 nitrogen and oxygen atoms in total. The fourth-order valence-corrected chi connectivity index (χ4v) is 0.521. The topological polar surface area (TPSA) is 46.0 Å². The van der Waals surface area contributed by atoms with Gasteiger partial charge < -0.3 is 5.21 Å². The van der Waals surface area contributed by atoms with Gasteiger partial charge in [-0.15, -0.1) is 0 Å². The summed E-state index contributed by atoms with van der Waals surface area (Å²) in [7, 11) is 0. The fraction of sp³-hybridized carbons (Fsp3) is 1.00. The van der Waals surface area contributed by atoms with Gasteiger partial charge in [0.2, 0.25) is 0 Å². The van der Waals surface area contributed by atoms with Gasteiger partial charge in [-0.05, 0) is 41.5 Å². The van der Waals surface area contributed by atoms with E-state index in [0.717, 1.165) is 0 Å². The second-order valence-corrected chi connectivity index (χ2v) is 4.68. The highest BCUT2D eigenvalue weighted by Gasteiger charge is 2.22. The maximum absolute atomic E-state index is 11.0. The highest BCUT2D eigenvalue weighted by molar-refractivity contribution is 4.55. The molecule has 0 aliphatic heterocycles. The number of rotatable bonds is 2. The van der Waals surface area contributed by atoms with E-state index in [1.807, 2.05) is 0 Å². The van der Waals surface area contributed by atoms with Crippen LogP contribution in [0.4, 0.5) is 0 Å². The van der Waals surface area contributed by atoms with Crippen LogP contribution in [-0.2, 0) is 9.68 Å². The summed E-state index contributed by atoms with van der Waals surface area (Å²) in [5.74, 6) is 0. The lowest BCUT2D eigenvalue weighted by Crippen LogP contribution is -3.07. The Balaban J connectivity index is 3.83. The number of quaternary nitrogens is 1. The van der Waals surface area contributed by atoms with E-state index in [9.17, 15) is 5.21 Å². The molecule has 0 saturated carbocycles. The van der Waals surface area contributed by atoms with Crippen molar-refractivity contribution in [2.45, 2.75) is 52.7 Å². The van der Waals surface area contributed by atoms with Gasteiger partial charge in [-0.2, -0.15) is 9.68 Å². The Morgan fingerprint density at radius 2 is 1.08 bits per heavy atom. The molecule has 0 fully saturated rings. The Morgan fingerprint density at radius 3 is 1.25 bits per heavy atom. The number of hydrogen-bond donors (Lipinski definition) is 1. The summed E-state index contributed by atoms with van der Waals surface area (Å²) < 4.78 is 0. The van der Waals surface area contributed by atoms with Gasteiger partial charge in [0.15, 0.2) is 0 Å². The normalized spacial score (nSPS) is 14.0. The van der Waals surface area contributed by atoms with Gasteiger partial charge >= 0.3 is 0 Å². The van der Waals surface area contributed by atoms with Crippen LogP contribution in [0.15, 0.2) is 0 Å². The van der Waals surface area contributed by atoms with Crippen molar-refractivity contribution in [1.82, 2.24) is 0 Å². The Kier molecular flexibility index (Phi) is 3.65. The zero-order valence-corrected chi connectivity index (χ0v) is 8.72. The van der Waals surface area contributed by atoms with E-state index in [1.165, 1.54) is 0 Å². The van der Waals surface area contributed by atoms with Gasteiger partial charge in [-0.3, -0.25) is 0 Å². The van der Waals surface area contributed by atoms with E-state index >= 15 is 0 Å². The van der Waals surface area contributed by atoms with Crippen LogP contribution >= 0.6 is 0 Å². The van der Waals surface area contributed by atoms with Gasteiger partial charge in [0.05, 0.1) is 0 Å². The van der Waals surface area contributed by atoms with Crippen molar-refractivity contribution in [3.8, 4) is 0 Å². The number of hydrogen-bond acceptors (Lipinski definition) is 3. The summed E-state index contributed by atoms with van der Waals surface area (Å²) in [6.45, 7) is 10.8. The first-order chi connectivity index (χ1) is 5.10. The monoisotopic (exact) mass is 177 g/mol. The van der Waals surface area contributed by atoms with E-state index in [2.05, 4.69) is 0 Å². The third kappa shape index (κ3) is 7.94. The molecule has 0 atom stereocenters. The molecule has 74 valence electrons. The molecule has 4 heteroatoms. The second-order valence-electron chi connectivity index (χ2n) is 4.68. The maximum Gasteiger partial charge on any atom is 0.123 e. The average molecular weight is 177 g/mol. The number of nitrogens with one attached hydrogen (secondary N) is 1. The first kappa shape index (κ1) is 11.8. The smallest absolute Gasteiger partial charge is 0.123 e. The van der Waals surface area contributed by atoms with Crippen molar-refractivity contribution in [1.29, 1.82) is 0 Å². The molecular weight excluding hydrogens is 158 g/mol. The third-order valence-electron chi connectivity index (χ3n) is 0.779. The van der Waals surface area contributed by atoms with Gasteiger partial charge in [-0.25, -0.2) is 0 Å². The molecule has 0 aromatic rings. The quantitative estimate of drug-likeness (QED) is 0.635. The van der Waals surface area contributed by atoms with Crippen LogP contribution in [0.3, 0.4) is 0 Å². The standard InChI is InChI=1S/C8H19NO3/c1-7(2,3)11-9(10)12-8(4,5)6/h9H,1-6H3. The predicted molar refractivity (Wildman–Crippen MR) is 46.0 cm³/mol. The molecule has 0 heterocycles. The second kappa shape index (κ2) is 3.70. The van der Waals surface area contributed by atoms with Gasteiger partial charge in [0, 0.05) is 0 Å². The van der Waals surface area contributed by atoms with Crippen molar-refractivity contribution < 1.29 is 15.1 Å². The van der Waals surface area contributed by atoms with E-state index in [1.54, 1.807) is 41.5 Å². The maximum atomic E-state index is 11.0. The lowest BCUT2D eigenvalue weighted by atomic mass is 10.2. The molecule has 0 aliphatic rings. The predicted octanol–water partition coefficient (Wildman–Crippen LogP) is 0.829. The molecule has 0 radical (unpaired) electrons. The Hall–Kier alpha value is -0.160. The summed E-state index contributed by atoms with van der Waals surface area (Å²) in [4.78, 5) is 9.91. The fourth-order valence-electron chi connectivity index (χ4n) is 0.521. The van der Waals surface area contributed by atoms with Crippen molar-refractivity contribution in [2.24, 2.45) is 0 Å². The first-order valence-corrected chi connectivity index (χ1v) is 4.02. The van der Waals surface area contributed by atoms with Crippen LogP contribution in [0.5, 0.6) is 0 Å². The lowest BCUT2D eigenvalue weighted by Gasteiger charge is -2.29. The molecule has 0 aromatic heterocycles. The minimum absolute atomic E-state index is 0.484. The summed E-state index contributed by atoms with van der Waals surface area (Å²) in [5.41, 5.74) is -0.968.